The van der Waals surface area contributed by atoms with Crippen LogP contribution in [0.25, 0.3) is 5.69 Å². The van der Waals surface area contributed by atoms with Crippen LogP contribution in [0.3, 0.4) is 0 Å². The molecule has 3 aromatic rings. The molecule has 0 unspecified atom stereocenters. The highest BCUT2D eigenvalue weighted by Crippen LogP contribution is 2.13. The molecule has 0 aliphatic carbocycles. The molecule has 0 fully saturated rings. The van der Waals surface area contributed by atoms with Crippen LogP contribution in [0.15, 0.2) is 70.6 Å². The maximum Gasteiger partial charge on any atom is 0.295 e. The summed E-state index contributed by atoms with van der Waals surface area (Å²) in [5, 5.41) is 7.29. The largest absolute Gasteiger partial charge is 0.325 e. The molecule has 0 radical (unpaired) electrons. The number of hydrazone groups is 1. The standard InChI is InChI=1S/C19H19N5OS/c1-14-17(18(25)24(23(14)2)16-11-7-4-8-12-16)21-19(26)22-20-13-15-9-5-3-6-10-15/h3-13H,1-2H3,(H2,21,22,26)/b20-13-. The second-order valence-corrected chi connectivity index (χ2v) is 6.08. The highest BCUT2D eigenvalue weighted by atomic mass is 32.1. The lowest BCUT2D eigenvalue weighted by molar-refractivity contribution is 0.630. The van der Waals surface area contributed by atoms with Crippen molar-refractivity contribution in [2.45, 2.75) is 6.92 Å². The van der Waals surface area contributed by atoms with Crippen LogP contribution < -0.4 is 16.3 Å². The first kappa shape index (κ1) is 17.6. The van der Waals surface area contributed by atoms with E-state index in [1.54, 1.807) is 15.6 Å². The quantitative estimate of drug-likeness (QED) is 0.424. The molecule has 3 rings (SSSR count). The van der Waals surface area contributed by atoms with Gasteiger partial charge in [0.25, 0.3) is 5.56 Å². The SMILES string of the molecule is Cc1c(NC(=S)N/N=C\c2ccccc2)c(=O)n(-c2ccccc2)n1C. The lowest BCUT2D eigenvalue weighted by atomic mass is 10.2. The summed E-state index contributed by atoms with van der Waals surface area (Å²) in [6, 6.07) is 19.1. The van der Waals surface area contributed by atoms with Crippen molar-refractivity contribution in [3.05, 3.63) is 82.3 Å². The number of rotatable bonds is 4. The number of anilines is 1. The van der Waals surface area contributed by atoms with E-state index in [4.69, 9.17) is 12.2 Å². The van der Waals surface area contributed by atoms with Crippen molar-refractivity contribution in [1.29, 1.82) is 0 Å². The average molecular weight is 365 g/mol. The molecule has 0 aliphatic heterocycles. The first-order valence-electron chi connectivity index (χ1n) is 8.07. The second-order valence-electron chi connectivity index (χ2n) is 5.67. The summed E-state index contributed by atoms with van der Waals surface area (Å²) in [6.07, 6.45) is 1.66. The van der Waals surface area contributed by atoms with Gasteiger partial charge in [-0.1, -0.05) is 48.5 Å². The van der Waals surface area contributed by atoms with Gasteiger partial charge in [0.2, 0.25) is 0 Å². The molecule has 6 nitrogen and oxygen atoms in total. The zero-order valence-electron chi connectivity index (χ0n) is 14.5. The van der Waals surface area contributed by atoms with Crippen molar-refractivity contribution in [2.24, 2.45) is 12.1 Å². The molecular formula is C19H19N5OS. The van der Waals surface area contributed by atoms with E-state index in [0.717, 1.165) is 16.9 Å². The Balaban J connectivity index is 1.77. The molecule has 1 aromatic heterocycles. The Kier molecular flexibility index (Phi) is 5.28. The van der Waals surface area contributed by atoms with Gasteiger partial charge in [-0.15, -0.1) is 0 Å². The van der Waals surface area contributed by atoms with Crippen LogP contribution in [0.4, 0.5) is 5.69 Å². The lowest BCUT2D eigenvalue weighted by Crippen LogP contribution is -2.28. The van der Waals surface area contributed by atoms with Crippen molar-refractivity contribution < 1.29 is 0 Å². The van der Waals surface area contributed by atoms with Gasteiger partial charge in [0.05, 0.1) is 17.6 Å². The minimum Gasteiger partial charge on any atom is -0.325 e. The normalized spacial score (nSPS) is 10.8. The molecule has 0 atom stereocenters. The second kappa shape index (κ2) is 7.79. The zero-order valence-corrected chi connectivity index (χ0v) is 15.3. The Morgan fingerprint density at radius 2 is 1.69 bits per heavy atom. The number of para-hydroxylation sites is 1. The maximum absolute atomic E-state index is 12.8. The molecule has 0 spiro atoms. The number of hydrogen-bond donors (Lipinski definition) is 2. The van der Waals surface area contributed by atoms with E-state index in [9.17, 15) is 4.79 Å². The fourth-order valence-corrected chi connectivity index (χ4v) is 2.71. The van der Waals surface area contributed by atoms with Crippen LogP contribution in [0.2, 0.25) is 0 Å². The molecule has 0 saturated carbocycles. The van der Waals surface area contributed by atoms with Gasteiger partial charge in [-0.3, -0.25) is 14.9 Å². The monoisotopic (exact) mass is 365 g/mol. The lowest BCUT2D eigenvalue weighted by Gasteiger charge is -2.07. The van der Waals surface area contributed by atoms with E-state index in [0.29, 0.717) is 5.69 Å². The van der Waals surface area contributed by atoms with Crippen molar-refractivity contribution in [3.8, 4) is 5.69 Å². The van der Waals surface area contributed by atoms with Gasteiger partial charge in [0, 0.05) is 7.05 Å². The van der Waals surface area contributed by atoms with E-state index in [1.165, 1.54) is 0 Å². The Morgan fingerprint density at radius 3 is 2.35 bits per heavy atom. The number of aromatic nitrogens is 2. The number of thiocarbonyl (C=S) groups is 1. The molecule has 0 saturated heterocycles. The van der Waals surface area contributed by atoms with Crippen molar-refractivity contribution in [2.75, 3.05) is 5.32 Å². The molecule has 7 heteroatoms. The summed E-state index contributed by atoms with van der Waals surface area (Å²) in [4.78, 5) is 12.8. The molecule has 0 aliphatic rings. The number of hydrogen-bond acceptors (Lipinski definition) is 3. The Morgan fingerprint density at radius 1 is 1.08 bits per heavy atom. The van der Waals surface area contributed by atoms with E-state index in [1.807, 2.05) is 74.6 Å². The minimum absolute atomic E-state index is 0.174. The number of nitrogens with zero attached hydrogens (tertiary/aromatic N) is 3. The molecular weight excluding hydrogens is 346 g/mol. The van der Waals surface area contributed by atoms with Crippen LogP contribution in [0.1, 0.15) is 11.3 Å². The Bertz CT molecular complexity index is 990. The van der Waals surface area contributed by atoms with Crippen LogP contribution in [-0.2, 0) is 7.05 Å². The molecule has 2 N–H and O–H groups in total. The molecule has 2 aromatic carbocycles. The van der Waals surface area contributed by atoms with Gasteiger partial charge >= 0.3 is 0 Å². The highest BCUT2D eigenvalue weighted by molar-refractivity contribution is 7.80. The molecule has 0 bridgehead atoms. The fraction of sp³-hybridized carbons (Fsp3) is 0.105. The van der Waals surface area contributed by atoms with Gasteiger partial charge in [0.1, 0.15) is 5.69 Å². The predicted octanol–water partition coefficient (Wildman–Crippen LogP) is 2.80. The van der Waals surface area contributed by atoms with Gasteiger partial charge in [-0.25, -0.2) is 4.68 Å². The summed E-state index contributed by atoms with van der Waals surface area (Å²) < 4.78 is 3.38. The van der Waals surface area contributed by atoms with Gasteiger partial charge in [-0.05, 0) is 36.8 Å². The summed E-state index contributed by atoms with van der Waals surface area (Å²) in [7, 11) is 1.83. The average Bonchev–Trinajstić information content (AvgIpc) is 2.87. The van der Waals surface area contributed by atoms with Gasteiger partial charge in [0.15, 0.2) is 5.11 Å². The topological polar surface area (TPSA) is 63.4 Å². The predicted molar refractivity (Wildman–Crippen MR) is 109 cm³/mol. The first-order chi connectivity index (χ1) is 12.6. The van der Waals surface area contributed by atoms with E-state index < -0.39 is 0 Å². The third-order valence-electron chi connectivity index (χ3n) is 3.97. The van der Waals surface area contributed by atoms with Crippen molar-refractivity contribution in [3.63, 3.8) is 0 Å². The first-order valence-corrected chi connectivity index (χ1v) is 8.48. The van der Waals surface area contributed by atoms with Crippen molar-refractivity contribution in [1.82, 2.24) is 14.8 Å². The highest BCUT2D eigenvalue weighted by Gasteiger charge is 2.16. The molecule has 1 heterocycles. The summed E-state index contributed by atoms with van der Waals surface area (Å²) >= 11 is 5.25. The van der Waals surface area contributed by atoms with Crippen LogP contribution in [0, 0.1) is 6.92 Å². The van der Waals surface area contributed by atoms with Crippen LogP contribution >= 0.6 is 12.2 Å². The van der Waals surface area contributed by atoms with Gasteiger partial charge < -0.3 is 5.32 Å². The van der Waals surface area contributed by atoms with Crippen molar-refractivity contribution >= 4 is 29.2 Å². The van der Waals surface area contributed by atoms with Crippen LogP contribution in [0.5, 0.6) is 0 Å². The minimum atomic E-state index is -0.174. The Labute approximate surface area is 156 Å². The Hall–Kier alpha value is -3.19. The maximum atomic E-state index is 12.8. The molecule has 0 amide bonds. The zero-order chi connectivity index (χ0) is 18.5. The summed E-state index contributed by atoms with van der Waals surface area (Å²) in [5.41, 5.74) is 5.49. The number of benzene rings is 2. The smallest absolute Gasteiger partial charge is 0.295 e. The summed E-state index contributed by atoms with van der Waals surface area (Å²) in [5.74, 6) is 0. The fourth-order valence-electron chi connectivity index (χ4n) is 2.56. The van der Waals surface area contributed by atoms with Crippen LogP contribution in [-0.4, -0.2) is 20.7 Å². The molecule has 26 heavy (non-hydrogen) atoms. The molecule has 132 valence electrons. The van der Waals surface area contributed by atoms with Gasteiger partial charge in [-0.2, -0.15) is 5.10 Å². The third kappa shape index (κ3) is 3.73. The van der Waals surface area contributed by atoms with E-state index >= 15 is 0 Å². The summed E-state index contributed by atoms with van der Waals surface area (Å²) in [6.45, 7) is 1.86. The van der Waals surface area contributed by atoms with E-state index in [-0.39, 0.29) is 10.7 Å². The third-order valence-corrected chi connectivity index (χ3v) is 4.17. The van der Waals surface area contributed by atoms with E-state index in [2.05, 4.69) is 15.8 Å². The number of nitrogens with one attached hydrogen (secondary N) is 2.